The van der Waals surface area contributed by atoms with Crippen molar-refractivity contribution in [1.82, 2.24) is 9.88 Å². The molecule has 0 fully saturated rings. The summed E-state index contributed by atoms with van der Waals surface area (Å²) in [6.07, 6.45) is 4.98. The van der Waals surface area contributed by atoms with Gasteiger partial charge in [-0.25, -0.2) is 8.42 Å². The maximum absolute atomic E-state index is 12.9. The van der Waals surface area contributed by atoms with Crippen LogP contribution in [0.25, 0.3) is 0 Å². The lowest BCUT2D eigenvalue weighted by Gasteiger charge is -2.28. The Morgan fingerprint density at radius 2 is 1.85 bits per heavy atom. The first-order chi connectivity index (χ1) is 12.5. The molecule has 1 amide bonds. The smallest absolute Gasteiger partial charge is 0.227 e. The van der Waals surface area contributed by atoms with Gasteiger partial charge in [-0.1, -0.05) is 12.1 Å². The van der Waals surface area contributed by atoms with Crippen molar-refractivity contribution >= 4 is 15.7 Å². The second-order valence-electron chi connectivity index (χ2n) is 6.09. The fraction of sp³-hybridized carbons (Fsp3) is 0.211. The average molecular weight is 367 g/mol. The van der Waals surface area contributed by atoms with Crippen LogP contribution in [0.1, 0.15) is 16.7 Å². The first-order valence-electron chi connectivity index (χ1n) is 8.05. The van der Waals surface area contributed by atoms with E-state index in [9.17, 15) is 13.2 Å². The van der Waals surface area contributed by atoms with Crippen LogP contribution in [-0.2, 0) is 27.6 Å². The highest BCUT2D eigenvalue weighted by Gasteiger charge is 2.30. The minimum atomic E-state index is -3.27. The summed E-state index contributed by atoms with van der Waals surface area (Å²) in [5, 5.41) is 10.0. The lowest BCUT2D eigenvalue weighted by atomic mass is 10.1. The van der Waals surface area contributed by atoms with Crippen LogP contribution in [0.4, 0.5) is 0 Å². The Morgan fingerprint density at radius 3 is 2.42 bits per heavy atom. The number of aromatic nitrogens is 1. The van der Waals surface area contributed by atoms with Crippen molar-refractivity contribution in [1.29, 1.82) is 5.26 Å². The van der Waals surface area contributed by atoms with E-state index >= 15 is 0 Å². The second kappa shape index (κ2) is 7.50. The molecule has 26 heavy (non-hydrogen) atoms. The van der Waals surface area contributed by atoms with Gasteiger partial charge in [0.25, 0.3) is 0 Å². The second-order valence-corrected chi connectivity index (χ2v) is 8.02. The van der Waals surface area contributed by atoms with Gasteiger partial charge in [-0.05, 0) is 41.5 Å². The van der Waals surface area contributed by atoms with Crippen molar-refractivity contribution < 1.29 is 13.2 Å². The van der Waals surface area contributed by atoms with Crippen LogP contribution < -0.4 is 0 Å². The summed E-state index contributed by atoms with van der Waals surface area (Å²) in [7, 11) is -3.27. The van der Waals surface area contributed by atoms with E-state index in [1.165, 1.54) is 5.41 Å². The maximum Gasteiger partial charge on any atom is 0.227 e. The first kappa shape index (κ1) is 17.8. The number of hydrogen-bond donors (Lipinski definition) is 0. The lowest BCUT2D eigenvalue weighted by Crippen LogP contribution is -2.41. The Kier molecular flexibility index (Phi) is 5.14. The number of benzene rings is 1. The molecule has 1 unspecified atom stereocenters. The topological polar surface area (TPSA) is 91.1 Å². The van der Waals surface area contributed by atoms with Crippen LogP contribution in [0.5, 0.6) is 0 Å². The molecule has 1 atom stereocenters. The van der Waals surface area contributed by atoms with Crippen LogP contribution in [-0.4, -0.2) is 36.0 Å². The highest BCUT2D eigenvalue weighted by atomic mass is 32.2. The van der Waals surface area contributed by atoms with Gasteiger partial charge in [0.1, 0.15) is 0 Å². The van der Waals surface area contributed by atoms with Crippen molar-refractivity contribution in [3.05, 3.63) is 77.0 Å². The molecule has 0 aliphatic carbocycles. The summed E-state index contributed by atoms with van der Waals surface area (Å²) in [6, 6.07) is 12.0. The summed E-state index contributed by atoms with van der Waals surface area (Å²) in [4.78, 5) is 18.4. The molecule has 2 heterocycles. The van der Waals surface area contributed by atoms with Gasteiger partial charge in [-0.15, -0.1) is 0 Å². The SMILES string of the molecule is N#Cc1ccc(CC(=O)N(Cc2ccncc2)C2C=CS(=O)(=O)C2)cc1. The van der Waals surface area contributed by atoms with E-state index in [-0.39, 0.29) is 18.1 Å². The molecule has 2 aromatic rings. The van der Waals surface area contributed by atoms with Crippen LogP contribution >= 0.6 is 0 Å². The standard InChI is InChI=1S/C19H17N3O3S/c20-12-16-3-1-15(2-4-16)11-19(23)22(13-17-5-8-21-9-6-17)18-7-10-26(24,25)14-18/h1-10,18H,11,13-14H2. The molecule has 1 aliphatic rings. The summed E-state index contributed by atoms with van der Waals surface area (Å²) in [5.74, 6) is -0.268. The fourth-order valence-electron chi connectivity index (χ4n) is 2.80. The lowest BCUT2D eigenvalue weighted by molar-refractivity contribution is -0.132. The quantitative estimate of drug-likeness (QED) is 0.804. The molecule has 132 valence electrons. The molecule has 1 aliphatic heterocycles. The molecule has 6 nitrogen and oxygen atoms in total. The fourth-order valence-corrected chi connectivity index (χ4v) is 4.10. The third-order valence-electron chi connectivity index (χ3n) is 4.17. The summed E-state index contributed by atoms with van der Waals surface area (Å²) in [5.41, 5.74) is 2.18. The van der Waals surface area contributed by atoms with Crippen LogP contribution in [0, 0.1) is 11.3 Å². The number of carbonyl (C=O) groups is 1. The van der Waals surface area contributed by atoms with E-state index in [0.717, 1.165) is 11.1 Å². The number of nitrogens with zero attached hydrogens (tertiary/aromatic N) is 3. The molecule has 0 saturated carbocycles. The zero-order chi connectivity index (χ0) is 18.6. The summed E-state index contributed by atoms with van der Waals surface area (Å²) < 4.78 is 23.6. The highest BCUT2D eigenvalue weighted by molar-refractivity contribution is 7.94. The normalized spacial score (nSPS) is 17.6. The van der Waals surface area contributed by atoms with E-state index in [1.54, 1.807) is 59.8 Å². The van der Waals surface area contributed by atoms with Crippen molar-refractivity contribution in [3.8, 4) is 6.07 Å². The molecule has 0 radical (unpaired) electrons. The monoisotopic (exact) mass is 367 g/mol. The molecular weight excluding hydrogens is 350 g/mol. The Balaban J connectivity index is 1.80. The van der Waals surface area contributed by atoms with Crippen LogP contribution in [0.3, 0.4) is 0 Å². The number of amides is 1. The van der Waals surface area contributed by atoms with Crippen molar-refractivity contribution in [2.75, 3.05) is 5.75 Å². The number of nitriles is 1. The Morgan fingerprint density at radius 1 is 1.15 bits per heavy atom. The van der Waals surface area contributed by atoms with Crippen molar-refractivity contribution in [2.24, 2.45) is 0 Å². The number of pyridine rings is 1. The molecule has 0 spiro atoms. The van der Waals surface area contributed by atoms with E-state index < -0.39 is 15.9 Å². The molecular formula is C19H17N3O3S. The van der Waals surface area contributed by atoms with Crippen LogP contribution in [0.15, 0.2) is 60.3 Å². The van der Waals surface area contributed by atoms with Crippen molar-refractivity contribution in [3.63, 3.8) is 0 Å². The van der Waals surface area contributed by atoms with Gasteiger partial charge < -0.3 is 4.90 Å². The number of sulfone groups is 1. The van der Waals surface area contributed by atoms with Gasteiger partial charge >= 0.3 is 0 Å². The van der Waals surface area contributed by atoms with Gasteiger partial charge in [0.15, 0.2) is 9.84 Å². The van der Waals surface area contributed by atoms with Crippen LogP contribution in [0.2, 0.25) is 0 Å². The summed E-state index contributed by atoms with van der Waals surface area (Å²) >= 11 is 0. The summed E-state index contributed by atoms with van der Waals surface area (Å²) in [6.45, 7) is 0.308. The third-order valence-corrected chi connectivity index (χ3v) is 5.55. The molecule has 7 heteroatoms. The van der Waals surface area contributed by atoms with Gasteiger partial charge in [0, 0.05) is 24.3 Å². The van der Waals surface area contributed by atoms with Crippen molar-refractivity contribution in [2.45, 2.75) is 19.0 Å². The van der Waals surface area contributed by atoms with E-state index in [1.807, 2.05) is 6.07 Å². The zero-order valence-corrected chi connectivity index (χ0v) is 14.8. The Labute approximate surface area is 152 Å². The van der Waals surface area contributed by atoms with Gasteiger partial charge in [0.2, 0.25) is 5.91 Å². The molecule has 0 bridgehead atoms. The zero-order valence-electron chi connectivity index (χ0n) is 13.9. The number of rotatable bonds is 5. The third kappa shape index (κ3) is 4.35. The van der Waals surface area contributed by atoms with E-state index in [4.69, 9.17) is 5.26 Å². The Hall–Kier alpha value is -2.98. The molecule has 1 aromatic carbocycles. The largest absolute Gasteiger partial charge is 0.331 e. The van der Waals surface area contributed by atoms with E-state index in [0.29, 0.717) is 12.1 Å². The van der Waals surface area contributed by atoms with E-state index in [2.05, 4.69) is 4.98 Å². The predicted octanol–water partition coefficient (Wildman–Crippen LogP) is 1.84. The van der Waals surface area contributed by atoms with Gasteiger partial charge in [-0.2, -0.15) is 5.26 Å². The minimum absolute atomic E-state index is 0.100. The van der Waals surface area contributed by atoms with Gasteiger partial charge in [0.05, 0.1) is 29.8 Å². The predicted molar refractivity (Wildman–Crippen MR) is 96.4 cm³/mol. The average Bonchev–Trinajstić information content (AvgIpc) is 3.00. The first-order valence-corrected chi connectivity index (χ1v) is 9.77. The maximum atomic E-state index is 12.9. The molecule has 1 aromatic heterocycles. The molecule has 0 saturated heterocycles. The Bertz CT molecular complexity index is 961. The number of carbonyl (C=O) groups excluding carboxylic acids is 1. The van der Waals surface area contributed by atoms with Gasteiger partial charge in [-0.3, -0.25) is 9.78 Å². The molecule has 3 rings (SSSR count). The molecule has 0 N–H and O–H groups in total. The minimum Gasteiger partial charge on any atom is -0.331 e. The number of hydrogen-bond acceptors (Lipinski definition) is 5. The highest BCUT2D eigenvalue weighted by Crippen LogP contribution is 2.19.